The number of piperidine rings is 1. The van der Waals surface area contributed by atoms with Crippen molar-refractivity contribution in [3.8, 4) is 0 Å². The summed E-state index contributed by atoms with van der Waals surface area (Å²) < 4.78 is 7.28. The number of carbonyl (C=O) groups is 1. The molecule has 0 radical (unpaired) electrons. The molecule has 1 aromatic heterocycles. The Kier molecular flexibility index (Phi) is 5.68. The van der Waals surface area contributed by atoms with Crippen LogP contribution in [0, 0.1) is 5.92 Å². The van der Waals surface area contributed by atoms with E-state index in [1.54, 1.807) is 4.68 Å². The maximum absolute atomic E-state index is 13.4. The minimum Gasteiger partial charge on any atom is -0.381 e. The maximum atomic E-state index is 13.4. The quantitative estimate of drug-likeness (QED) is 0.849. The Balaban J connectivity index is 1.43. The fourth-order valence-corrected chi connectivity index (χ4v) is 4.75. The number of aryl methyl sites for hydroxylation is 1. The number of hydrogen-bond acceptors (Lipinski definition) is 5. The van der Waals surface area contributed by atoms with E-state index in [0.717, 1.165) is 83.4 Å². The molecule has 3 aliphatic rings. The largest absolute Gasteiger partial charge is 0.381 e. The molecule has 0 bridgehead atoms. The molecule has 4 heterocycles. The summed E-state index contributed by atoms with van der Waals surface area (Å²) in [5, 5.41) is 8.03. The fourth-order valence-electron chi connectivity index (χ4n) is 4.75. The summed E-state index contributed by atoms with van der Waals surface area (Å²) in [5.41, 5.74) is -0.509. The first-order valence-electron chi connectivity index (χ1n) is 10.5. The monoisotopic (exact) mass is 375 g/mol. The lowest BCUT2D eigenvalue weighted by Crippen LogP contribution is -2.59. The molecule has 0 unspecified atom stereocenters. The molecule has 0 aliphatic carbocycles. The lowest BCUT2D eigenvalue weighted by atomic mass is 9.85. The number of hydrogen-bond donors (Lipinski definition) is 1. The van der Waals surface area contributed by atoms with E-state index in [1.807, 2.05) is 19.3 Å². The first kappa shape index (κ1) is 18.7. The molecule has 3 aliphatic heterocycles. The molecule has 4 rings (SSSR count). The van der Waals surface area contributed by atoms with Crippen LogP contribution in [0.3, 0.4) is 0 Å². The van der Waals surface area contributed by atoms with Crippen molar-refractivity contribution in [2.24, 2.45) is 13.0 Å². The van der Waals surface area contributed by atoms with E-state index in [9.17, 15) is 4.79 Å². The van der Waals surface area contributed by atoms with Crippen molar-refractivity contribution >= 4 is 11.7 Å². The lowest BCUT2D eigenvalue weighted by Gasteiger charge is -2.44. The van der Waals surface area contributed by atoms with E-state index in [0.29, 0.717) is 0 Å². The first-order valence-corrected chi connectivity index (χ1v) is 10.5. The van der Waals surface area contributed by atoms with E-state index >= 15 is 0 Å². The van der Waals surface area contributed by atoms with Gasteiger partial charge >= 0.3 is 0 Å². The van der Waals surface area contributed by atoms with Crippen molar-refractivity contribution < 1.29 is 9.53 Å². The van der Waals surface area contributed by atoms with E-state index in [-0.39, 0.29) is 5.91 Å². The van der Waals surface area contributed by atoms with Crippen molar-refractivity contribution in [3.05, 3.63) is 12.3 Å². The SMILES string of the molecule is Cn1ccc(NC2(C(=O)N3CCCC3)CCN(CC3CCOCC3)CC2)n1. The Labute approximate surface area is 162 Å². The van der Waals surface area contributed by atoms with E-state index < -0.39 is 5.54 Å². The zero-order chi connectivity index (χ0) is 18.7. The summed E-state index contributed by atoms with van der Waals surface area (Å²) in [6, 6.07) is 1.97. The number of rotatable bonds is 5. The second-order valence-electron chi connectivity index (χ2n) is 8.44. The topological polar surface area (TPSA) is 62.6 Å². The molecule has 3 saturated heterocycles. The zero-order valence-electron chi connectivity index (χ0n) is 16.5. The summed E-state index contributed by atoms with van der Waals surface area (Å²) in [4.78, 5) is 18.0. The molecule has 7 nitrogen and oxygen atoms in total. The summed E-state index contributed by atoms with van der Waals surface area (Å²) in [7, 11) is 1.91. The van der Waals surface area contributed by atoms with Crippen LogP contribution in [-0.4, -0.2) is 77.0 Å². The second kappa shape index (κ2) is 8.19. The number of aromatic nitrogens is 2. The van der Waals surface area contributed by atoms with Gasteiger partial charge in [0.15, 0.2) is 0 Å². The molecule has 27 heavy (non-hydrogen) atoms. The molecule has 0 aromatic carbocycles. The number of likely N-dealkylation sites (tertiary alicyclic amines) is 2. The highest BCUT2D eigenvalue weighted by molar-refractivity contribution is 5.89. The highest BCUT2D eigenvalue weighted by atomic mass is 16.5. The van der Waals surface area contributed by atoms with Gasteiger partial charge in [-0.15, -0.1) is 0 Å². The van der Waals surface area contributed by atoms with Crippen molar-refractivity contribution in [2.75, 3.05) is 51.3 Å². The number of carbonyl (C=O) groups excluding carboxylic acids is 1. The van der Waals surface area contributed by atoms with Crippen molar-refractivity contribution in [1.82, 2.24) is 19.6 Å². The van der Waals surface area contributed by atoms with Crippen LogP contribution in [0.4, 0.5) is 5.82 Å². The maximum Gasteiger partial charge on any atom is 0.248 e. The Bertz CT molecular complexity index is 626. The van der Waals surface area contributed by atoms with Gasteiger partial charge in [-0.3, -0.25) is 9.48 Å². The van der Waals surface area contributed by atoms with E-state index in [2.05, 4.69) is 20.2 Å². The minimum atomic E-state index is -0.509. The van der Waals surface area contributed by atoms with Crippen LogP contribution in [0.1, 0.15) is 38.5 Å². The van der Waals surface area contributed by atoms with Crippen molar-refractivity contribution in [2.45, 2.75) is 44.1 Å². The van der Waals surface area contributed by atoms with Gasteiger partial charge in [-0.05, 0) is 44.4 Å². The minimum absolute atomic E-state index is 0.274. The van der Waals surface area contributed by atoms with Crippen LogP contribution < -0.4 is 5.32 Å². The summed E-state index contributed by atoms with van der Waals surface area (Å²) >= 11 is 0. The average Bonchev–Trinajstić information content (AvgIpc) is 3.36. The fraction of sp³-hybridized carbons (Fsp3) is 0.800. The van der Waals surface area contributed by atoms with Gasteiger partial charge in [-0.1, -0.05) is 0 Å². The Morgan fingerprint density at radius 3 is 2.56 bits per heavy atom. The molecule has 0 atom stereocenters. The number of ether oxygens (including phenoxy) is 1. The molecule has 150 valence electrons. The molecule has 1 amide bonds. The van der Waals surface area contributed by atoms with Gasteiger partial charge in [0.2, 0.25) is 5.91 Å². The molecule has 7 heteroatoms. The highest BCUT2D eigenvalue weighted by Gasteiger charge is 2.44. The van der Waals surface area contributed by atoms with Crippen LogP contribution in [0.15, 0.2) is 12.3 Å². The smallest absolute Gasteiger partial charge is 0.248 e. The van der Waals surface area contributed by atoms with Crippen LogP contribution in [0.25, 0.3) is 0 Å². The van der Waals surface area contributed by atoms with Gasteiger partial charge in [-0.25, -0.2) is 0 Å². The average molecular weight is 376 g/mol. The molecule has 1 N–H and O–H groups in total. The normalized spacial score (nSPS) is 24.3. The highest BCUT2D eigenvalue weighted by Crippen LogP contribution is 2.31. The van der Waals surface area contributed by atoms with Gasteiger partial charge in [0.05, 0.1) is 0 Å². The van der Waals surface area contributed by atoms with Crippen molar-refractivity contribution in [3.63, 3.8) is 0 Å². The molecular weight excluding hydrogens is 342 g/mol. The molecular formula is C20H33N5O2. The predicted molar refractivity (Wildman–Crippen MR) is 105 cm³/mol. The zero-order valence-corrected chi connectivity index (χ0v) is 16.5. The molecule has 3 fully saturated rings. The van der Waals surface area contributed by atoms with E-state index in [4.69, 9.17) is 4.74 Å². The van der Waals surface area contributed by atoms with E-state index in [1.165, 1.54) is 12.8 Å². The Morgan fingerprint density at radius 2 is 1.93 bits per heavy atom. The summed E-state index contributed by atoms with van der Waals surface area (Å²) in [5.74, 6) is 1.82. The van der Waals surface area contributed by atoms with Crippen LogP contribution >= 0.6 is 0 Å². The van der Waals surface area contributed by atoms with Gasteiger partial charge in [0.1, 0.15) is 11.4 Å². The number of amides is 1. The van der Waals surface area contributed by atoms with Crippen LogP contribution in [-0.2, 0) is 16.6 Å². The van der Waals surface area contributed by atoms with Gasteiger partial charge in [0, 0.05) is 65.2 Å². The number of nitrogens with one attached hydrogen (secondary N) is 1. The molecule has 0 saturated carbocycles. The summed E-state index contributed by atoms with van der Waals surface area (Å²) in [6.07, 6.45) is 8.21. The first-order chi connectivity index (χ1) is 13.1. The Hall–Kier alpha value is -1.60. The predicted octanol–water partition coefficient (Wildman–Crippen LogP) is 1.72. The second-order valence-corrected chi connectivity index (χ2v) is 8.44. The number of nitrogens with zero attached hydrogens (tertiary/aromatic N) is 4. The number of anilines is 1. The van der Waals surface area contributed by atoms with Crippen LogP contribution in [0.5, 0.6) is 0 Å². The summed E-state index contributed by atoms with van der Waals surface area (Å²) in [6.45, 7) is 6.68. The third-order valence-electron chi connectivity index (χ3n) is 6.45. The standard InChI is InChI=1S/C20H33N5O2/c1-23-11-4-18(22-23)21-20(19(26)25-9-2-3-10-25)7-12-24(13-8-20)16-17-5-14-27-15-6-17/h4,11,17H,2-3,5-10,12-16H2,1H3,(H,21,22). The lowest BCUT2D eigenvalue weighted by molar-refractivity contribution is -0.136. The Morgan fingerprint density at radius 1 is 1.22 bits per heavy atom. The van der Waals surface area contributed by atoms with Gasteiger partial charge < -0.3 is 19.9 Å². The van der Waals surface area contributed by atoms with Gasteiger partial charge in [-0.2, -0.15) is 5.10 Å². The van der Waals surface area contributed by atoms with Crippen molar-refractivity contribution in [1.29, 1.82) is 0 Å². The molecule has 1 aromatic rings. The van der Waals surface area contributed by atoms with Crippen LogP contribution in [0.2, 0.25) is 0 Å². The molecule has 0 spiro atoms. The third-order valence-corrected chi connectivity index (χ3v) is 6.45. The van der Waals surface area contributed by atoms with Gasteiger partial charge in [0.25, 0.3) is 0 Å². The third kappa shape index (κ3) is 4.29.